The number of hydrogen-bond donors (Lipinski definition) is 3. The third-order valence-corrected chi connectivity index (χ3v) is 6.96. The molecule has 3 rings (SSSR count). The Morgan fingerprint density at radius 2 is 1.90 bits per heavy atom. The third kappa shape index (κ3) is 8.69. The molecule has 0 aliphatic rings. The molecule has 208 valence electrons. The van der Waals surface area contributed by atoms with E-state index in [1.165, 1.54) is 36.5 Å². The fourth-order valence-electron chi connectivity index (χ4n) is 4.16. The summed E-state index contributed by atoms with van der Waals surface area (Å²) in [6.07, 6.45) is 2.23. The van der Waals surface area contributed by atoms with E-state index in [-0.39, 0.29) is 54.9 Å². The first kappa shape index (κ1) is 29.9. The molecular formula is C28H31ClF2N4O4. The van der Waals surface area contributed by atoms with Gasteiger partial charge in [-0.25, -0.2) is 18.6 Å². The van der Waals surface area contributed by atoms with Crippen molar-refractivity contribution in [3.63, 3.8) is 0 Å². The average molecular weight is 561 g/mol. The number of rotatable bonds is 13. The number of pyridine rings is 1. The van der Waals surface area contributed by atoms with Crippen LogP contribution < -0.4 is 16.4 Å². The lowest BCUT2D eigenvalue weighted by Crippen LogP contribution is -2.34. The molecule has 1 unspecified atom stereocenters. The number of ketones is 1. The topological polar surface area (TPSA) is 123 Å². The van der Waals surface area contributed by atoms with E-state index >= 15 is 0 Å². The monoisotopic (exact) mass is 560 g/mol. The lowest BCUT2D eigenvalue weighted by Gasteiger charge is -2.28. The van der Waals surface area contributed by atoms with Crippen LogP contribution in [0, 0.1) is 17.0 Å². The lowest BCUT2D eigenvalue weighted by atomic mass is 9.76. The van der Waals surface area contributed by atoms with E-state index in [4.69, 9.17) is 22.1 Å². The third-order valence-electron chi connectivity index (χ3n) is 6.54. The molecule has 8 nitrogen and oxygen atoms in total. The predicted molar refractivity (Wildman–Crippen MR) is 145 cm³/mol. The summed E-state index contributed by atoms with van der Waals surface area (Å²) in [6.45, 7) is 1.92. The number of nitrogens with one attached hydrogen (secondary N) is 2. The maximum Gasteiger partial charge on any atom is 0.412 e. The maximum absolute atomic E-state index is 13.8. The number of nitrogens with zero attached hydrogens (tertiary/aromatic N) is 1. The number of hydrogen-bond acceptors (Lipinski definition) is 6. The molecule has 0 bridgehead atoms. The molecule has 0 radical (unpaired) electrons. The number of benzene rings is 2. The Morgan fingerprint density at radius 3 is 2.67 bits per heavy atom. The molecular weight excluding hydrogens is 530 g/mol. The van der Waals surface area contributed by atoms with Gasteiger partial charge < -0.3 is 15.8 Å². The summed E-state index contributed by atoms with van der Waals surface area (Å²) in [6, 6.07) is 10.2. The lowest BCUT2D eigenvalue weighted by molar-refractivity contribution is -0.129. The van der Waals surface area contributed by atoms with Crippen molar-refractivity contribution >= 4 is 46.0 Å². The standard InChI is InChI=1S/C28H31ClF2N4O4/c1-28(10-3-12-33-25(37)16-32,23(36)9-7-18-4-2-5-22(31)26(18)29)11-13-39-27(38)35-24-15-20-14-21(30)8-6-19(20)17-34-24/h2,4-6,8,14-15,17H,3,7,9-13,16,32H2,1H3,(H,33,37)(H,34,35,38). The predicted octanol–water partition coefficient (Wildman–Crippen LogP) is 5.17. The number of halogens is 3. The maximum atomic E-state index is 13.8. The highest BCUT2D eigenvalue weighted by Crippen LogP contribution is 2.32. The summed E-state index contributed by atoms with van der Waals surface area (Å²) < 4.78 is 32.6. The SMILES string of the molecule is CC(CCCNC(=O)CN)(CCOC(=O)Nc1cc2cc(F)ccc2cn1)C(=O)CCc1cccc(F)c1Cl. The van der Waals surface area contributed by atoms with Gasteiger partial charge in [0.25, 0.3) is 0 Å². The van der Waals surface area contributed by atoms with E-state index in [0.29, 0.717) is 35.7 Å². The Bertz CT molecular complexity index is 1340. The molecule has 4 N–H and O–H groups in total. The van der Waals surface area contributed by atoms with Crippen LogP contribution in [-0.2, 0) is 20.7 Å². The van der Waals surface area contributed by atoms with Crippen LogP contribution in [0.5, 0.6) is 0 Å². The summed E-state index contributed by atoms with van der Waals surface area (Å²) in [5, 5.41) is 6.45. The fraction of sp³-hybridized carbons (Fsp3) is 0.357. The van der Waals surface area contributed by atoms with Gasteiger partial charge in [0.1, 0.15) is 23.2 Å². The molecule has 39 heavy (non-hydrogen) atoms. The number of aryl methyl sites for hydroxylation is 1. The van der Waals surface area contributed by atoms with Crippen molar-refractivity contribution in [2.24, 2.45) is 11.1 Å². The highest BCUT2D eigenvalue weighted by atomic mass is 35.5. The number of fused-ring (bicyclic) bond motifs is 1. The molecule has 1 atom stereocenters. The number of carbonyl (C=O) groups is 3. The van der Waals surface area contributed by atoms with Crippen LogP contribution >= 0.6 is 11.6 Å². The summed E-state index contributed by atoms with van der Waals surface area (Å²) in [4.78, 5) is 41.2. The number of ether oxygens (including phenoxy) is 1. The molecule has 0 saturated heterocycles. The number of anilines is 1. The van der Waals surface area contributed by atoms with Crippen LogP contribution in [0.15, 0.2) is 48.7 Å². The van der Waals surface area contributed by atoms with E-state index in [0.717, 1.165) is 0 Å². The minimum absolute atomic E-state index is 0.0125. The van der Waals surface area contributed by atoms with Crippen molar-refractivity contribution in [1.82, 2.24) is 10.3 Å². The Morgan fingerprint density at radius 1 is 1.10 bits per heavy atom. The smallest absolute Gasteiger partial charge is 0.412 e. The van der Waals surface area contributed by atoms with Crippen molar-refractivity contribution < 1.29 is 27.9 Å². The molecule has 3 aromatic rings. The van der Waals surface area contributed by atoms with Gasteiger partial charge in [0.15, 0.2) is 0 Å². The van der Waals surface area contributed by atoms with E-state index in [9.17, 15) is 23.2 Å². The van der Waals surface area contributed by atoms with E-state index in [2.05, 4.69) is 15.6 Å². The average Bonchev–Trinajstić information content (AvgIpc) is 2.91. The molecule has 2 aromatic carbocycles. The quantitative estimate of drug-likeness (QED) is 0.248. The fourth-order valence-corrected chi connectivity index (χ4v) is 4.38. The van der Waals surface area contributed by atoms with Crippen LogP contribution in [0.1, 0.15) is 38.2 Å². The van der Waals surface area contributed by atoms with Crippen molar-refractivity contribution in [2.45, 2.75) is 39.0 Å². The molecule has 1 heterocycles. The second kappa shape index (κ2) is 14.0. The first-order chi connectivity index (χ1) is 18.6. The molecule has 0 aliphatic heterocycles. The van der Waals surface area contributed by atoms with Gasteiger partial charge >= 0.3 is 6.09 Å². The summed E-state index contributed by atoms with van der Waals surface area (Å²) in [7, 11) is 0. The van der Waals surface area contributed by atoms with Crippen LogP contribution in [0.2, 0.25) is 5.02 Å². The van der Waals surface area contributed by atoms with E-state index in [1.54, 1.807) is 19.1 Å². The van der Waals surface area contributed by atoms with Gasteiger partial charge in [0.2, 0.25) is 5.91 Å². The molecule has 0 saturated carbocycles. The van der Waals surface area contributed by atoms with E-state index in [1.807, 2.05) is 0 Å². The molecule has 0 aliphatic carbocycles. The second-order valence-corrected chi connectivity index (χ2v) is 9.80. The Labute approximate surface area is 230 Å². The minimum Gasteiger partial charge on any atom is -0.449 e. The highest BCUT2D eigenvalue weighted by Gasteiger charge is 2.32. The molecule has 2 amide bonds. The number of carbonyl (C=O) groups excluding carboxylic acids is 3. The second-order valence-electron chi connectivity index (χ2n) is 9.43. The van der Waals surface area contributed by atoms with Crippen molar-refractivity contribution in [3.05, 3.63) is 70.9 Å². The zero-order valence-electron chi connectivity index (χ0n) is 21.6. The number of nitrogens with two attached hydrogens (primary N) is 1. The number of aromatic nitrogens is 1. The zero-order chi connectivity index (χ0) is 28.4. The Kier molecular flexibility index (Phi) is 10.7. The van der Waals surface area contributed by atoms with Gasteiger partial charge in [-0.05, 0) is 67.0 Å². The first-order valence-electron chi connectivity index (χ1n) is 12.5. The first-order valence-corrected chi connectivity index (χ1v) is 12.9. The summed E-state index contributed by atoms with van der Waals surface area (Å²) in [5.41, 5.74) is 4.96. The van der Waals surface area contributed by atoms with Crippen LogP contribution in [-0.4, -0.2) is 42.5 Å². The molecule has 0 fully saturated rings. The van der Waals surface area contributed by atoms with Crippen molar-refractivity contribution in [1.29, 1.82) is 0 Å². The minimum atomic E-state index is -0.883. The van der Waals surface area contributed by atoms with Crippen LogP contribution in [0.4, 0.5) is 19.4 Å². The molecule has 1 aromatic heterocycles. The van der Waals surface area contributed by atoms with Crippen LogP contribution in [0.25, 0.3) is 10.8 Å². The van der Waals surface area contributed by atoms with E-state index < -0.39 is 23.1 Å². The number of amides is 2. The van der Waals surface area contributed by atoms with Gasteiger partial charge in [0.05, 0.1) is 18.2 Å². The van der Waals surface area contributed by atoms with Crippen molar-refractivity contribution in [2.75, 3.05) is 25.0 Å². The van der Waals surface area contributed by atoms with Gasteiger partial charge in [0, 0.05) is 30.0 Å². The van der Waals surface area contributed by atoms with Gasteiger partial charge in [-0.3, -0.25) is 14.9 Å². The number of Topliss-reactive ketones (excluding diaryl/α,β-unsaturated/α-hetero) is 1. The Hall–Kier alpha value is -3.63. The largest absolute Gasteiger partial charge is 0.449 e. The Balaban J connectivity index is 1.59. The van der Waals surface area contributed by atoms with Gasteiger partial charge in [-0.2, -0.15) is 0 Å². The zero-order valence-corrected chi connectivity index (χ0v) is 22.3. The normalized spacial score (nSPS) is 12.5. The van der Waals surface area contributed by atoms with Gasteiger partial charge in [-0.1, -0.05) is 30.7 Å². The highest BCUT2D eigenvalue weighted by molar-refractivity contribution is 6.31. The molecule has 11 heteroatoms. The van der Waals surface area contributed by atoms with Crippen LogP contribution in [0.3, 0.4) is 0 Å². The summed E-state index contributed by atoms with van der Waals surface area (Å²) >= 11 is 6.04. The van der Waals surface area contributed by atoms with Crippen molar-refractivity contribution in [3.8, 4) is 0 Å². The van der Waals surface area contributed by atoms with Gasteiger partial charge in [-0.15, -0.1) is 0 Å². The summed E-state index contributed by atoms with van der Waals surface area (Å²) in [5.74, 6) is -1.16. The molecule has 0 spiro atoms.